The molecule has 2 aliphatic rings. The summed E-state index contributed by atoms with van der Waals surface area (Å²) in [5.74, 6) is -0.738. The zero-order valence-corrected chi connectivity index (χ0v) is 10.0. The fraction of sp³-hybridized carbons (Fsp3) is 0.909. The van der Waals surface area contributed by atoms with Crippen molar-refractivity contribution in [2.24, 2.45) is 0 Å². The molecule has 0 bridgehead atoms. The minimum absolute atomic E-state index is 0.419. The number of hydrogen-bond acceptors (Lipinski definition) is 5. The van der Waals surface area contributed by atoms with Crippen LogP contribution in [-0.2, 0) is 14.3 Å². The Labute approximate surface area is 101 Å². The van der Waals surface area contributed by atoms with E-state index in [-0.39, 0.29) is 0 Å². The van der Waals surface area contributed by atoms with Gasteiger partial charge in [-0.15, -0.1) is 0 Å². The number of carboxylic acid groups (broad SMARTS) is 1. The first kappa shape index (κ1) is 12.8. The van der Waals surface area contributed by atoms with Crippen LogP contribution in [0.2, 0.25) is 0 Å². The molecule has 0 saturated carbocycles. The standard InChI is InChI=1S/C11H20N2O4/c14-11(15)10(13-3-7-17-8-4-13)9-12-1-5-16-6-2-12/h10H,1-9H2,(H,14,15). The van der Waals surface area contributed by atoms with E-state index in [1.54, 1.807) is 0 Å². The maximum absolute atomic E-state index is 11.3. The van der Waals surface area contributed by atoms with Gasteiger partial charge >= 0.3 is 5.97 Å². The Morgan fingerprint density at radius 2 is 1.59 bits per heavy atom. The van der Waals surface area contributed by atoms with Gasteiger partial charge in [-0.3, -0.25) is 14.6 Å². The summed E-state index contributed by atoms with van der Waals surface area (Å²) in [4.78, 5) is 15.5. The van der Waals surface area contributed by atoms with Gasteiger partial charge < -0.3 is 14.6 Å². The van der Waals surface area contributed by atoms with Crippen LogP contribution in [-0.4, -0.2) is 86.1 Å². The van der Waals surface area contributed by atoms with E-state index in [1.807, 2.05) is 4.90 Å². The van der Waals surface area contributed by atoms with Crippen molar-refractivity contribution < 1.29 is 19.4 Å². The van der Waals surface area contributed by atoms with Crippen LogP contribution in [0.1, 0.15) is 0 Å². The highest BCUT2D eigenvalue weighted by Gasteiger charge is 2.29. The molecular weight excluding hydrogens is 224 g/mol. The predicted molar refractivity (Wildman–Crippen MR) is 61.1 cm³/mol. The largest absolute Gasteiger partial charge is 0.480 e. The van der Waals surface area contributed by atoms with Gasteiger partial charge in [0.15, 0.2) is 0 Å². The van der Waals surface area contributed by atoms with Crippen molar-refractivity contribution >= 4 is 5.97 Å². The molecule has 0 aromatic carbocycles. The van der Waals surface area contributed by atoms with E-state index in [0.717, 1.165) is 13.1 Å². The molecule has 2 rings (SSSR count). The summed E-state index contributed by atoms with van der Waals surface area (Å²) in [6.45, 7) is 6.33. The Hall–Kier alpha value is -0.690. The first-order chi connectivity index (χ1) is 8.27. The first-order valence-corrected chi connectivity index (χ1v) is 6.12. The number of morpholine rings is 2. The molecule has 1 N–H and O–H groups in total. The summed E-state index contributed by atoms with van der Waals surface area (Å²) in [6, 6.07) is -0.419. The smallest absolute Gasteiger partial charge is 0.322 e. The van der Waals surface area contributed by atoms with Gasteiger partial charge in [0.2, 0.25) is 0 Å². The lowest BCUT2D eigenvalue weighted by Crippen LogP contribution is -2.54. The Balaban J connectivity index is 1.88. The van der Waals surface area contributed by atoms with Crippen LogP contribution < -0.4 is 0 Å². The Kier molecular flexibility index (Phi) is 4.73. The van der Waals surface area contributed by atoms with E-state index in [9.17, 15) is 9.90 Å². The molecule has 0 aromatic rings. The van der Waals surface area contributed by atoms with Gasteiger partial charge in [0.1, 0.15) is 6.04 Å². The summed E-state index contributed by atoms with van der Waals surface area (Å²) >= 11 is 0. The van der Waals surface area contributed by atoms with Crippen LogP contribution in [0.25, 0.3) is 0 Å². The summed E-state index contributed by atoms with van der Waals surface area (Å²) < 4.78 is 10.5. The predicted octanol–water partition coefficient (Wildman–Crippen LogP) is -0.896. The molecular formula is C11H20N2O4. The van der Waals surface area contributed by atoms with Crippen molar-refractivity contribution in [3.8, 4) is 0 Å². The normalized spacial score (nSPS) is 25.6. The lowest BCUT2D eigenvalue weighted by Gasteiger charge is -2.36. The van der Waals surface area contributed by atoms with Gasteiger partial charge in [0, 0.05) is 32.7 Å². The molecule has 6 nitrogen and oxygen atoms in total. The SMILES string of the molecule is O=C(O)C(CN1CCOCC1)N1CCOCC1. The van der Waals surface area contributed by atoms with Crippen LogP contribution in [0, 0.1) is 0 Å². The molecule has 6 heteroatoms. The number of nitrogens with zero attached hydrogens (tertiary/aromatic N) is 2. The highest BCUT2D eigenvalue weighted by atomic mass is 16.5. The van der Waals surface area contributed by atoms with Crippen molar-refractivity contribution in [2.75, 3.05) is 59.2 Å². The summed E-state index contributed by atoms with van der Waals surface area (Å²) in [6.07, 6.45) is 0. The maximum atomic E-state index is 11.3. The molecule has 17 heavy (non-hydrogen) atoms. The number of hydrogen-bond donors (Lipinski definition) is 1. The van der Waals surface area contributed by atoms with Gasteiger partial charge in [0.05, 0.1) is 26.4 Å². The van der Waals surface area contributed by atoms with Crippen LogP contribution in [0.4, 0.5) is 0 Å². The zero-order valence-electron chi connectivity index (χ0n) is 10.0. The first-order valence-electron chi connectivity index (χ1n) is 6.12. The molecule has 1 atom stereocenters. The lowest BCUT2D eigenvalue weighted by molar-refractivity contribution is -0.146. The highest BCUT2D eigenvalue weighted by molar-refractivity contribution is 5.73. The van der Waals surface area contributed by atoms with Crippen molar-refractivity contribution in [3.05, 3.63) is 0 Å². The molecule has 2 saturated heterocycles. The van der Waals surface area contributed by atoms with Gasteiger partial charge in [-0.05, 0) is 0 Å². The molecule has 2 fully saturated rings. The fourth-order valence-corrected chi connectivity index (χ4v) is 2.27. The number of carbonyl (C=O) groups is 1. The number of ether oxygens (including phenoxy) is 2. The minimum atomic E-state index is -0.738. The third kappa shape index (κ3) is 3.64. The van der Waals surface area contributed by atoms with Crippen LogP contribution in [0.3, 0.4) is 0 Å². The maximum Gasteiger partial charge on any atom is 0.322 e. The topological polar surface area (TPSA) is 62.2 Å². The Bertz CT molecular complexity index is 250. The monoisotopic (exact) mass is 244 g/mol. The van der Waals surface area contributed by atoms with Crippen LogP contribution in [0.5, 0.6) is 0 Å². The lowest BCUT2D eigenvalue weighted by atomic mass is 10.2. The van der Waals surface area contributed by atoms with Gasteiger partial charge in [-0.1, -0.05) is 0 Å². The van der Waals surface area contributed by atoms with Crippen molar-refractivity contribution in [3.63, 3.8) is 0 Å². The van der Waals surface area contributed by atoms with E-state index in [2.05, 4.69) is 4.90 Å². The van der Waals surface area contributed by atoms with Crippen molar-refractivity contribution in [1.82, 2.24) is 9.80 Å². The minimum Gasteiger partial charge on any atom is -0.480 e. The Morgan fingerprint density at radius 1 is 1.06 bits per heavy atom. The van der Waals surface area contributed by atoms with Crippen molar-refractivity contribution in [1.29, 1.82) is 0 Å². The fourth-order valence-electron chi connectivity index (χ4n) is 2.27. The van der Waals surface area contributed by atoms with Gasteiger partial charge in [-0.2, -0.15) is 0 Å². The molecule has 98 valence electrons. The molecule has 2 heterocycles. The molecule has 2 aliphatic heterocycles. The summed E-state index contributed by atoms with van der Waals surface area (Å²) in [5, 5.41) is 9.32. The molecule has 0 spiro atoms. The van der Waals surface area contributed by atoms with E-state index >= 15 is 0 Å². The Morgan fingerprint density at radius 3 is 2.12 bits per heavy atom. The van der Waals surface area contributed by atoms with Gasteiger partial charge in [-0.25, -0.2) is 0 Å². The van der Waals surface area contributed by atoms with E-state index in [1.165, 1.54) is 0 Å². The third-order valence-electron chi connectivity index (χ3n) is 3.31. The molecule has 0 aromatic heterocycles. The quantitative estimate of drug-likeness (QED) is 0.692. The second-order valence-electron chi connectivity index (χ2n) is 4.42. The average Bonchev–Trinajstić information content (AvgIpc) is 2.38. The molecule has 0 amide bonds. The van der Waals surface area contributed by atoms with E-state index in [0.29, 0.717) is 46.1 Å². The highest BCUT2D eigenvalue weighted by Crippen LogP contribution is 2.08. The number of rotatable bonds is 4. The summed E-state index contributed by atoms with van der Waals surface area (Å²) in [7, 11) is 0. The van der Waals surface area contributed by atoms with Crippen LogP contribution >= 0.6 is 0 Å². The average molecular weight is 244 g/mol. The van der Waals surface area contributed by atoms with Crippen LogP contribution in [0.15, 0.2) is 0 Å². The second-order valence-corrected chi connectivity index (χ2v) is 4.42. The number of aliphatic carboxylic acids is 1. The van der Waals surface area contributed by atoms with E-state index < -0.39 is 12.0 Å². The van der Waals surface area contributed by atoms with Crippen molar-refractivity contribution in [2.45, 2.75) is 6.04 Å². The molecule has 1 unspecified atom stereocenters. The van der Waals surface area contributed by atoms with Gasteiger partial charge in [0.25, 0.3) is 0 Å². The third-order valence-corrected chi connectivity index (χ3v) is 3.31. The second kappa shape index (κ2) is 6.30. The zero-order chi connectivity index (χ0) is 12.1. The molecule has 0 aliphatic carbocycles. The van der Waals surface area contributed by atoms with E-state index in [4.69, 9.17) is 9.47 Å². The summed E-state index contributed by atoms with van der Waals surface area (Å²) in [5.41, 5.74) is 0. The molecule has 0 radical (unpaired) electrons. The number of carboxylic acids is 1.